The zero-order valence-electron chi connectivity index (χ0n) is 14.3. The number of rotatable bonds is 7. The van der Waals surface area contributed by atoms with Crippen LogP contribution in [0.15, 0.2) is 84.9 Å². The van der Waals surface area contributed by atoms with Crippen LogP contribution in [0.1, 0.15) is 22.8 Å². The van der Waals surface area contributed by atoms with Gasteiger partial charge in [0.05, 0.1) is 6.61 Å². The van der Waals surface area contributed by atoms with Crippen LogP contribution in [-0.4, -0.2) is 28.5 Å². The summed E-state index contributed by atoms with van der Waals surface area (Å²) in [6.07, 6.45) is -1.14. The fourth-order valence-electron chi connectivity index (χ4n) is 3.02. The molecule has 0 aromatic heterocycles. The van der Waals surface area contributed by atoms with Gasteiger partial charge in [-0.3, -0.25) is 0 Å². The van der Waals surface area contributed by atoms with E-state index in [1.807, 2.05) is 36.4 Å². The molecule has 0 radical (unpaired) electrons. The summed E-state index contributed by atoms with van der Waals surface area (Å²) in [7, 11) is 0. The second-order valence-corrected chi connectivity index (χ2v) is 6.04. The van der Waals surface area contributed by atoms with E-state index >= 15 is 0 Å². The summed E-state index contributed by atoms with van der Waals surface area (Å²) in [5.74, 6) is 0.590. The smallest absolute Gasteiger partial charge is 0.145 e. The van der Waals surface area contributed by atoms with Gasteiger partial charge in [0.25, 0.3) is 0 Å². The average Bonchev–Trinajstić information content (AvgIpc) is 2.72. The van der Waals surface area contributed by atoms with E-state index in [1.54, 1.807) is 48.5 Å². The van der Waals surface area contributed by atoms with Crippen LogP contribution in [0.3, 0.4) is 0 Å². The van der Waals surface area contributed by atoms with Crippen molar-refractivity contribution in [2.24, 2.45) is 0 Å². The van der Waals surface area contributed by atoms with Crippen LogP contribution < -0.4 is 4.74 Å². The molecule has 3 rings (SSSR count). The summed E-state index contributed by atoms with van der Waals surface area (Å²) in [5.41, 5.74) is 0.161. The third-order valence-electron chi connectivity index (χ3n) is 4.38. The van der Waals surface area contributed by atoms with Crippen molar-refractivity contribution in [3.8, 4) is 5.75 Å². The van der Waals surface area contributed by atoms with Crippen LogP contribution in [0.5, 0.6) is 5.75 Å². The summed E-state index contributed by atoms with van der Waals surface area (Å²) in [6, 6.07) is 25.1. The standard InChI is InChI=1S/C22H22O4/c23-15-16-26-20-13-11-19(12-14-20)22(25,18-9-5-2-6-10-18)21(24)17-7-3-1-4-8-17/h1-14,21,23-25H,15-16H2. The average molecular weight is 350 g/mol. The maximum absolute atomic E-state index is 11.6. The number of hydrogen-bond acceptors (Lipinski definition) is 4. The molecule has 2 unspecified atom stereocenters. The van der Waals surface area contributed by atoms with Crippen LogP contribution in [0, 0.1) is 0 Å². The van der Waals surface area contributed by atoms with Crippen molar-refractivity contribution in [1.82, 2.24) is 0 Å². The highest BCUT2D eigenvalue weighted by atomic mass is 16.5. The van der Waals surface area contributed by atoms with Gasteiger partial charge < -0.3 is 20.1 Å². The Balaban J connectivity index is 2.04. The monoisotopic (exact) mass is 350 g/mol. The Bertz CT molecular complexity index is 803. The highest BCUT2D eigenvalue weighted by Crippen LogP contribution is 2.41. The zero-order valence-corrected chi connectivity index (χ0v) is 14.3. The highest BCUT2D eigenvalue weighted by Gasteiger charge is 2.40. The van der Waals surface area contributed by atoms with Gasteiger partial charge in [-0.2, -0.15) is 0 Å². The third-order valence-corrected chi connectivity index (χ3v) is 4.38. The first-order chi connectivity index (χ1) is 12.7. The predicted molar refractivity (Wildman–Crippen MR) is 99.9 cm³/mol. The Kier molecular flexibility index (Phi) is 5.68. The molecule has 0 spiro atoms. The van der Waals surface area contributed by atoms with E-state index < -0.39 is 11.7 Å². The van der Waals surface area contributed by atoms with Gasteiger partial charge in [0.2, 0.25) is 0 Å². The van der Waals surface area contributed by atoms with Gasteiger partial charge in [-0.05, 0) is 28.8 Å². The van der Waals surface area contributed by atoms with Crippen LogP contribution in [0.2, 0.25) is 0 Å². The second kappa shape index (κ2) is 8.15. The molecule has 3 N–H and O–H groups in total. The van der Waals surface area contributed by atoms with Gasteiger partial charge in [0.1, 0.15) is 24.1 Å². The Labute approximate surface area is 153 Å². The normalized spacial score (nSPS) is 14.4. The molecular weight excluding hydrogens is 328 g/mol. The molecule has 134 valence electrons. The third kappa shape index (κ3) is 3.63. The maximum Gasteiger partial charge on any atom is 0.145 e. The minimum Gasteiger partial charge on any atom is -0.491 e. The number of ether oxygens (including phenoxy) is 1. The van der Waals surface area contributed by atoms with E-state index in [2.05, 4.69) is 0 Å². The number of aliphatic hydroxyl groups is 3. The first-order valence-electron chi connectivity index (χ1n) is 8.51. The lowest BCUT2D eigenvalue weighted by molar-refractivity contribution is -0.0517. The van der Waals surface area contributed by atoms with Gasteiger partial charge in [0, 0.05) is 0 Å². The van der Waals surface area contributed by atoms with Crippen molar-refractivity contribution >= 4 is 0 Å². The highest BCUT2D eigenvalue weighted by molar-refractivity contribution is 5.42. The van der Waals surface area contributed by atoms with Gasteiger partial charge in [-0.15, -0.1) is 0 Å². The van der Waals surface area contributed by atoms with Crippen LogP contribution >= 0.6 is 0 Å². The zero-order chi connectivity index (χ0) is 18.4. The molecule has 0 saturated heterocycles. The molecule has 0 aliphatic rings. The minimum absolute atomic E-state index is 0.0670. The largest absolute Gasteiger partial charge is 0.491 e. The Hall–Kier alpha value is -2.66. The van der Waals surface area contributed by atoms with Gasteiger partial charge in [-0.25, -0.2) is 0 Å². The molecule has 0 fully saturated rings. The maximum atomic E-state index is 11.6. The molecule has 2 atom stereocenters. The Morgan fingerprint density at radius 1 is 0.769 bits per heavy atom. The lowest BCUT2D eigenvalue weighted by Gasteiger charge is -2.34. The molecule has 3 aromatic carbocycles. The number of hydrogen-bond donors (Lipinski definition) is 3. The molecule has 4 nitrogen and oxygen atoms in total. The molecule has 0 amide bonds. The van der Waals surface area contributed by atoms with E-state index in [4.69, 9.17) is 9.84 Å². The summed E-state index contributed by atoms with van der Waals surface area (Å²) >= 11 is 0. The van der Waals surface area contributed by atoms with Crippen molar-refractivity contribution in [3.05, 3.63) is 102 Å². The molecule has 0 bridgehead atoms. The fourth-order valence-corrected chi connectivity index (χ4v) is 3.02. The van der Waals surface area contributed by atoms with Crippen molar-refractivity contribution < 1.29 is 20.1 Å². The van der Waals surface area contributed by atoms with Crippen LogP contribution in [-0.2, 0) is 5.60 Å². The summed E-state index contributed by atoms with van der Waals surface area (Å²) in [6.45, 7) is 0.136. The number of benzene rings is 3. The lowest BCUT2D eigenvalue weighted by Crippen LogP contribution is -2.35. The Morgan fingerprint density at radius 3 is 1.88 bits per heavy atom. The van der Waals surface area contributed by atoms with Crippen molar-refractivity contribution in [1.29, 1.82) is 0 Å². The van der Waals surface area contributed by atoms with E-state index in [-0.39, 0.29) is 13.2 Å². The molecular formula is C22H22O4. The second-order valence-electron chi connectivity index (χ2n) is 6.04. The van der Waals surface area contributed by atoms with Crippen LogP contribution in [0.25, 0.3) is 0 Å². The molecule has 0 aliphatic heterocycles. The summed E-state index contributed by atoms with van der Waals surface area (Å²) in [4.78, 5) is 0. The predicted octanol–water partition coefficient (Wildman–Crippen LogP) is 3.03. The van der Waals surface area contributed by atoms with Gasteiger partial charge >= 0.3 is 0 Å². The number of aliphatic hydroxyl groups excluding tert-OH is 2. The molecule has 0 aliphatic carbocycles. The van der Waals surface area contributed by atoms with E-state index in [0.29, 0.717) is 22.4 Å². The molecule has 4 heteroatoms. The van der Waals surface area contributed by atoms with Crippen molar-refractivity contribution in [3.63, 3.8) is 0 Å². The molecule has 26 heavy (non-hydrogen) atoms. The van der Waals surface area contributed by atoms with Gasteiger partial charge in [-0.1, -0.05) is 72.8 Å². The minimum atomic E-state index is -1.61. The lowest BCUT2D eigenvalue weighted by atomic mass is 9.79. The first kappa shape index (κ1) is 18.1. The summed E-state index contributed by atoms with van der Waals surface area (Å²) in [5, 5.41) is 31.5. The molecule has 0 heterocycles. The molecule has 3 aromatic rings. The van der Waals surface area contributed by atoms with E-state index in [1.165, 1.54) is 0 Å². The van der Waals surface area contributed by atoms with E-state index in [9.17, 15) is 10.2 Å². The quantitative estimate of drug-likeness (QED) is 0.613. The SMILES string of the molecule is OCCOc1ccc(C(O)(c2ccccc2)C(O)c2ccccc2)cc1. The van der Waals surface area contributed by atoms with E-state index in [0.717, 1.165) is 0 Å². The van der Waals surface area contributed by atoms with Crippen LogP contribution in [0.4, 0.5) is 0 Å². The summed E-state index contributed by atoms with van der Waals surface area (Å²) < 4.78 is 5.38. The van der Waals surface area contributed by atoms with Crippen molar-refractivity contribution in [2.45, 2.75) is 11.7 Å². The van der Waals surface area contributed by atoms with Gasteiger partial charge in [0.15, 0.2) is 0 Å². The first-order valence-corrected chi connectivity index (χ1v) is 8.51. The Morgan fingerprint density at radius 2 is 1.31 bits per heavy atom. The van der Waals surface area contributed by atoms with Crippen molar-refractivity contribution in [2.75, 3.05) is 13.2 Å². The fraction of sp³-hybridized carbons (Fsp3) is 0.182. The topological polar surface area (TPSA) is 69.9 Å². The molecule has 0 saturated carbocycles.